The number of phenolic OH excluding ortho intramolecular Hbond substituents is 4. The lowest BCUT2D eigenvalue weighted by Gasteiger charge is -2.23. The molecule has 1 aliphatic carbocycles. The van der Waals surface area contributed by atoms with E-state index in [0.717, 1.165) is 122 Å². The smallest absolute Gasteiger partial charge is 0.126 e. The van der Waals surface area contributed by atoms with E-state index in [1.807, 2.05) is 0 Å². The van der Waals surface area contributed by atoms with E-state index in [4.69, 9.17) is 18.9 Å². The Labute approximate surface area is 334 Å². The molecule has 56 heavy (non-hydrogen) atoms. The lowest BCUT2D eigenvalue weighted by molar-refractivity contribution is 0.293. The lowest BCUT2D eigenvalue weighted by Crippen LogP contribution is -2.10. The van der Waals surface area contributed by atoms with Crippen LogP contribution in [0.3, 0.4) is 0 Å². The molecule has 5 rings (SSSR count). The fourth-order valence-corrected chi connectivity index (χ4v) is 7.66. The first kappa shape index (κ1) is 42.4. The van der Waals surface area contributed by atoms with Gasteiger partial charge in [-0.2, -0.15) is 0 Å². The molecule has 1 aliphatic rings. The largest absolute Gasteiger partial charge is 0.508 e. The van der Waals surface area contributed by atoms with Gasteiger partial charge in [0.2, 0.25) is 0 Å². The first-order valence-electron chi connectivity index (χ1n) is 21.1. The second kappa shape index (κ2) is 21.5. The molecule has 0 amide bonds. The minimum atomic E-state index is 0.101. The normalized spacial score (nSPS) is 12.4. The van der Waals surface area contributed by atoms with Crippen molar-refractivity contribution < 1.29 is 39.4 Å². The van der Waals surface area contributed by atoms with Crippen molar-refractivity contribution in [1.82, 2.24) is 0 Å². The summed E-state index contributed by atoms with van der Waals surface area (Å²) in [5, 5.41) is 45.1. The Balaban J connectivity index is 1.77. The van der Waals surface area contributed by atoms with Crippen LogP contribution in [-0.2, 0) is 25.7 Å². The van der Waals surface area contributed by atoms with Crippen molar-refractivity contribution in [3.8, 4) is 46.0 Å². The van der Waals surface area contributed by atoms with Crippen LogP contribution in [0.4, 0.5) is 0 Å². The number of rotatable bonds is 20. The van der Waals surface area contributed by atoms with E-state index < -0.39 is 0 Å². The third-order valence-electron chi connectivity index (χ3n) is 10.4. The maximum atomic E-state index is 11.3. The Morgan fingerprint density at radius 2 is 0.500 bits per heavy atom. The summed E-state index contributed by atoms with van der Waals surface area (Å²) in [5.41, 5.74) is 6.14. The summed E-state index contributed by atoms with van der Waals surface area (Å²) in [6.45, 7) is 10.7. The van der Waals surface area contributed by atoms with Crippen LogP contribution in [0.2, 0.25) is 0 Å². The summed E-state index contributed by atoms with van der Waals surface area (Å²) >= 11 is 0. The van der Waals surface area contributed by atoms with Gasteiger partial charge in [-0.25, -0.2) is 0 Å². The molecule has 0 fully saturated rings. The molecule has 4 aromatic rings. The van der Waals surface area contributed by atoms with Gasteiger partial charge in [-0.3, -0.25) is 0 Å². The van der Waals surface area contributed by atoms with E-state index in [-0.39, 0.29) is 23.0 Å². The summed E-state index contributed by atoms with van der Waals surface area (Å²) in [6, 6.07) is 13.9. The van der Waals surface area contributed by atoms with Crippen LogP contribution in [-0.4, -0.2) is 46.9 Å². The molecule has 0 aromatic heterocycles. The van der Waals surface area contributed by atoms with Crippen molar-refractivity contribution in [2.75, 3.05) is 26.4 Å². The number of unbranched alkanes of at least 4 members (excludes halogenated alkanes) is 8. The third kappa shape index (κ3) is 11.7. The monoisotopic (exact) mass is 768 g/mol. The lowest BCUT2D eigenvalue weighted by atomic mass is 9.90. The van der Waals surface area contributed by atoms with E-state index in [1.54, 1.807) is 48.5 Å². The molecule has 8 heteroatoms. The molecule has 4 N–H and O–H groups in total. The van der Waals surface area contributed by atoms with Gasteiger partial charge in [-0.15, -0.1) is 0 Å². The molecule has 0 saturated heterocycles. The van der Waals surface area contributed by atoms with Crippen molar-refractivity contribution in [1.29, 1.82) is 0 Å². The second-order valence-corrected chi connectivity index (χ2v) is 15.3. The number of ether oxygens (including phenoxy) is 4. The fraction of sp³-hybridized carbons (Fsp3) is 0.500. The van der Waals surface area contributed by atoms with Crippen LogP contribution in [0.25, 0.3) is 0 Å². The number of hydrogen-bond acceptors (Lipinski definition) is 8. The minimum Gasteiger partial charge on any atom is -0.508 e. The van der Waals surface area contributed by atoms with Gasteiger partial charge in [0.25, 0.3) is 0 Å². The molecule has 0 atom stereocenters. The van der Waals surface area contributed by atoms with E-state index in [2.05, 4.69) is 27.7 Å². The molecule has 304 valence electrons. The Morgan fingerprint density at radius 1 is 0.321 bits per heavy atom. The maximum Gasteiger partial charge on any atom is 0.126 e. The Hall–Kier alpha value is -4.72. The van der Waals surface area contributed by atoms with E-state index in [1.165, 1.54) is 0 Å². The summed E-state index contributed by atoms with van der Waals surface area (Å²) in [5.74, 6) is 3.10. The maximum absolute atomic E-state index is 11.3. The zero-order valence-electron chi connectivity index (χ0n) is 34.2. The van der Waals surface area contributed by atoms with Crippen LogP contribution in [0.5, 0.6) is 46.0 Å². The minimum absolute atomic E-state index is 0.101. The molecule has 0 heterocycles. The molecule has 0 saturated carbocycles. The number of aromatic hydroxyl groups is 4. The molecule has 0 aliphatic heterocycles. The zero-order chi connectivity index (χ0) is 39.9. The quantitative estimate of drug-likeness (QED) is 0.0578. The van der Waals surface area contributed by atoms with Crippen LogP contribution >= 0.6 is 0 Å². The Bertz CT molecular complexity index is 1500. The molecular weight excluding hydrogens is 705 g/mol. The van der Waals surface area contributed by atoms with Gasteiger partial charge < -0.3 is 39.4 Å². The van der Waals surface area contributed by atoms with Crippen LogP contribution in [0.1, 0.15) is 149 Å². The number of benzene rings is 4. The fourth-order valence-electron chi connectivity index (χ4n) is 7.66. The van der Waals surface area contributed by atoms with Crippen LogP contribution in [0.15, 0.2) is 48.5 Å². The molecule has 8 nitrogen and oxygen atoms in total. The predicted molar refractivity (Wildman–Crippen MR) is 224 cm³/mol. The average Bonchev–Trinajstić information content (AvgIpc) is 3.15. The van der Waals surface area contributed by atoms with Gasteiger partial charge in [0.1, 0.15) is 46.0 Å². The summed E-state index contributed by atoms with van der Waals surface area (Å²) in [4.78, 5) is 0. The molecule has 0 radical (unpaired) electrons. The van der Waals surface area contributed by atoms with Crippen molar-refractivity contribution in [3.63, 3.8) is 0 Å². The molecule has 8 bridgehead atoms. The standard InChI is InChI=1S/C48H64O8/c1-5-9-13-17-53-45-33-21-35-27-42(50)29-37(46(35)54-18-14-10-6-2)23-39-31-44(52)32-40(48(39)56-20-16-12-8-4)24-38-30-43(51)28-36(22-34(45)26-41(49)25-33)47(38)55-19-15-11-7-3/h25-32,49-52H,5-24H2,1-4H3. The van der Waals surface area contributed by atoms with Crippen molar-refractivity contribution in [2.45, 2.75) is 130 Å². The molecule has 0 spiro atoms. The highest BCUT2D eigenvalue weighted by molar-refractivity contribution is 5.60. The van der Waals surface area contributed by atoms with Gasteiger partial charge in [-0.1, -0.05) is 79.1 Å². The van der Waals surface area contributed by atoms with E-state index in [0.29, 0.717) is 75.1 Å². The highest BCUT2D eigenvalue weighted by atomic mass is 16.5. The van der Waals surface area contributed by atoms with Crippen LogP contribution < -0.4 is 18.9 Å². The summed E-state index contributed by atoms with van der Waals surface area (Å²) < 4.78 is 26.5. The number of phenols is 4. The molecule has 4 aromatic carbocycles. The van der Waals surface area contributed by atoms with Crippen molar-refractivity contribution in [3.05, 3.63) is 93.0 Å². The first-order chi connectivity index (χ1) is 27.2. The Morgan fingerprint density at radius 3 is 0.661 bits per heavy atom. The highest BCUT2D eigenvalue weighted by Crippen LogP contribution is 2.43. The van der Waals surface area contributed by atoms with Crippen LogP contribution in [0, 0.1) is 0 Å². The zero-order valence-corrected chi connectivity index (χ0v) is 34.2. The number of fused-ring (bicyclic) bond motifs is 8. The van der Waals surface area contributed by atoms with Gasteiger partial charge in [0.15, 0.2) is 0 Å². The van der Waals surface area contributed by atoms with E-state index >= 15 is 0 Å². The van der Waals surface area contributed by atoms with Gasteiger partial charge in [0.05, 0.1) is 26.4 Å². The predicted octanol–water partition coefficient (Wildman–Crippen LogP) is 11.5. The molecule has 0 unspecified atom stereocenters. The molecular formula is C48H64O8. The second-order valence-electron chi connectivity index (χ2n) is 15.3. The summed E-state index contributed by atoms with van der Waals surface area (Å²) in [6.07, 6.45) is 13.2. The SMILES string of the molecule is CCCCCOc1c2cc(O)cc1Cc1cc(O)cc(c1OCCCCC)Cc1cc(O)cc(c1OCCCCC)Cc1cc(O)cc(c1OCCCCC)C2. The topological polar surface area (TPSA) is 118 Å². The van der Waals surface area contributed by atoms with Crippen molar-refractivity contribution in [2.24, 2.45) is 0 Å². The number of hydrogen-bond donors (Lipinski definition) is 4. The van der Waals surface area contributed by atoms with E-state index in [9.17, 15) is 20.4 Å². The average molecular weight is 769 g/mol. The van der Waals surface area contributed by atoms with Gasteiger partial charge in [-0.05, 0) is 74.2 Å². The van der Waals surface area contributed by atoms with Gasteiger partial charge in [0, 0.05) is 70.2 Å². The third-order valence-corrected chi connectivity index (χ3v) is 10.4. The Kier molecular flexibility index (Phi) is 16.3. The highest BCUT2D eigenvalue weighted by Gasteiger charge is 2.24. The summed E-state index contributed by atoms with van der Waals surface area (Å²) in [7, 11) is 0. The first-order valence-corrected chi connectivity index (χ1v) is 21.1. The van der Waals surface area contributed by atoms with Crippen molar-refractivity contribution >= 4 is 0 Å². The van der Waals surface area contributed by atoms with Gasteiger partial charge >= 0.3 is 0 Å².